The number of benzene rings is 1. The molecule has 0 fully saturated rings. The van der Waals surface area contributed by atoms with Crippen molar-refractivity contribution in [1.82, 2.24) is 0 Å². The number of allylic oxidation sites excluding steroid dienone is 2. The Morgan fingerprint density at radius 2 is 1.29 bits per heavy atom. The van der Waals surface area contributed by atoms with E-state index in [0.717, 1.165) is 24.0 Å². The second-order valence-electron chi connectivity index (χ2n) is 9.91. The van der Waals surface area contributed by atoms with Crippen LogP contribution in [0.25, 0.3) is 5.57 Å². The van der Waals surface area contributed by atoms with Gasteiger partial charge in [-0.05, 0) is 23.6 Å². The fourth-order valence-corrected chi connectivity index (χ4v) is 4.70. The molecule has 0 heterocycles. The number of aliphatic carboxylic acids is 1. The maximum atomic E-state index is 11.9. The van der Waals surface area contributed by atoms with Crippen LogP contribution in [0.15, 0.2) is 48.6 Å². The molecule has 3 nitrogen and oxygen atoms in total. The zero-order valence-electron chi connectivity index (χ0n) is 21.6. The Bertz CT molecular complexity index is 721. The molecule has 1 aliphatic rings. The Morgan fingerprint density at radius 1 is 0.794 bits per heavy atom. The number of ether oxygens (including phenoxy) is 1. The van der Waals surface area contributed by atoms with Gasteiger partial charge in [-0.1, -0.05) is 146 Å². The summed E-state index contributed by atoms with van der Waals surface area (Å²) >= 11 is 0. The Hall–Kier alpha value is -1.87. The van der Waals surface area contributed by atoms with E-state index in [1.807, 2.05) is 42.5 Å². The molecule has 0 spiro atoms. The van der Waals surface area contributed by atoms with Gasteiger partial charge in [0.1, 0.15) is 0 Å². The van der Waals surface area contributed by atoms with Crippen LogP contribution in [0.5, 0.6) is 0 Å². The van der Waals surface area contributed by atoms with Gasteiger partial charge in [0.15, 0.2) is 5.60 Å². The van der Waals surface area contributed by atoms with Gasteiger partial charge in [0.2, 0.25) is 0 Å². The lowest BCUT2D eigenvalue weighted by Gasteiger charge is -2.28. The van der Waals surface area contributed by atoms with Crippen LogP contribution in [0.4, 0.5) is 0 Å². The predicted octanol–water partition coefficient (Wildman–Crippen LogP) is 9.13. The summed E-state index contributed by atoms with van der Waals surface area (Å²) in [6.07, 6.45) is 27.3. The molecule has 0 saturated heterocycles. The van der Waals surface area contributed by atoms with Crippen molar-refractivity contribution < 1.29 is 14.6 Å². The van der Waals surface area contributed by atoms with Gasteiger partial charge in [0.05, 0.1) is 0 Å². The van der Waals surface area contributed by atoms with Gasteiger partial charge in [-0.25, -0.2) is 4.79 Å². The number of rotatable bonds is 20. The average Bonchev–Trinajstić information content (AvgIpc) is 2.86. The molecule has 34 heavy (non-hydrogen) atoms. The monoisotopic (exact) mass is 468 g/mol. The van der Waals surface area contributed by atoms with Gasteiger partial charge in [-0.15, -0.1) is 0 Å². The van der Waals surface area contributed by atoms with Crippen LogP contribution in [0, 0.1) is 0 Å². The van der Waals surface area contributed by atoms with Crippen molar-refractivity contribution in [3.05, 3.63) is 54.1 Å². The first kappa shape index (κ1) is 28.4. The van der Waals surface area contributed by atoms with Crippen molar-refractivity contribution in [2.24, 2.45) is 0 Å². The van der Waals surface area contributed by atoms with Crippen LogP contribution in [0.2, 0.25) is 0 Å². The molecule has 1 N–H and O–H groups in total. The van der Waals surface area contributed by atoms with Crippen LogP contribution < -0.4 is 0 Å². The topological polar surface area (TPSA) is 46.5 Å². The van der Waals surface area contributed by atoms with Crippen molar-refractivity contribution in [2.45, 2.75) is 122 Å². The third-order valence-corrected chi connectivity index (χ3v) is 6.98. The number of hydrogen-bond acceptors (Lipinski definition) is 2. The fraction of sp³-hybridized carbons (Fsp3) is 0.645. The second-order valence-corrected chi connectivity index (χ2v) is 9.91. The van der Waals surface area contributed by atoms with Crippen LogP contribution >= 0.6 is 0 Å². The first-order valence-corrected chi connectivity index (χ1v) is 14.0. The van der Waals surface area contributed by atoms with Crippen molar-refractivity contribution in [1.29, 1.82) is 0 Å². The van der Waals surface area contributed by atoms with E-state index in [1.165, 1.54) is 89.9 Å². The van der Waals surface area contributed by atoms with E-state index >= 15 is 0 Å². The molecule has 0 amide bonds. The van der Waals surface area contributed by atoms with Gasteiger partial charge in [0.25, 0.3) is 0 Å². The SMILES string of the molecule is CCCCCCCCCCCCCCCCCCOC1(C(=O)O)C=CC(c2ccccc2)=CC1. The van der Waals surface area contributed by atoms with E-state index < -0.39 is 11.6 Å². The highest BCUT2D eigenvalue weighted by Crippen LogP contribution is 2.30. The van der Waals surface area contributed by atoms with E-state index in [2.05, 4.69) is 6.92 Å². The molecule has 0 aliphatic heterocycles. The van der Waals surface area contributed by atoms with E-state index in [4.69, 9.17) is 4.74 Å². The highest BCUT2D eigenvalue weighted by Gasteiger charge is 2.37. The lowest BCUT2D eigenvalue weighted by atomic mass is 9.89. The van der Waals surface area contributed by atoms with Gasteiger partial charge in [-0.2, -0.15) is 0 Å². The van der Waals surface area contributed by atoms with Crippen molar-refractivity contribution in [3.8, 4) is 0 Å². The number of carboxylic acids is 1. The van der Waals surface area contributed by atoms with Crippen LogP contribution in [0.3, 0.4) is 0 Å². The minimum absolute atomic E-state index is 0.377. The van der Waals surface area contributed by atoms with Gasteiger partial charge in [0, 0.05) is 13.0 Å². The van der Waals surface area contributed by atoms with Crippen LogP contribution in [0.1, 0.15) is 122 Å². The molecule has 0 aromatic heterocycles. The lowest BCUT2D eigenvalue weighted by Crippen LogP contribution is -2.40. The third-order valence-electron chi connectivity index (χ3n) is 6.98. The Balaban J connectivity index is 1.46. The van der Waals surface area contributed by atoms with Gasteiger partial charge in [-0.3, -0.25) is 0 Å². The van der Waals surface area contributed by atoms with Crippen molar-refractivity contribution in [2.75, 3.05) is 6.61 Å². The molecule has 1 aromatic carbocycles. The minimum Gasteiger partial charge on any atom is -0.479 e. The summed E-state index contributed by atoms with van der Waals surface area (Å²) in [6, 6.07) is 10.1. The highest BCUT2D eigenvalue weighted by atomic mass is 16.5. The Labute approximate surface area is 208 Å². The van der Waals surface area contributed by atoms with Crippen LogP contribution in [-0.4, -0.2) is 23.3 Å². The predicted molar refractivity (Wildman–Crippen MR) is 144 cm³/mol. The van der Waals surface area contributed by atoms with Crippen molar-refractivity contribution >= 4 is 11.5 Å². The quantitative estimate of drug-likeness (QED) is 0.194. The smallest absolute Gasteiger partial charge is 0.340 e. The summed E-state index contributed by atoms with van der Waals surface area (Å²) in [4.78, 5) is 11.9. The first-order valence-electron chi connectivity index (χ1n) is 14.0. The van der Waals surface area contributed by atoms with E-state index in [0.29, 0.717) is 13.0 Å². The van der Waals surface area contributed by atoms with E-state index in [-0.39, 0.29) is 0 Å². The summed E-state index contributed by atoms with van der Waals surface area (Å²) in [5, 5.41) is 9.78. The van der Waals surface area contributed by atoms with Gasteiger partial charge < -0.3 is 9.84 Å². The molecule has 1 aliphatic carbocycles. The molecule has 1 atom stereocenters. The van der Waals surface area contributed by atoms with Gasteiger partial charge >= 0.3 is 5.97 Å². The van der Waals surface area contributed by atoms with Crippen LogP contribution in [-0.2, 0) is 9.53 Å². The average molecular weight is 469 g/mol. The fourth-order valence-electron chi connectivity index (χ4n) is 4.70. The molecule has 1 aromatic rings. The maximum absolute atomic E-state index is 11.9. The summed E-state index contributed by atoms with van der Waals surface area (Å²) < 4.78 is 5.90. The molecule has 0 saturated carbocycles. The standard InChI is InChI=1S/C31H48O3/c1-2-3-4-5-6-7-8-9-10-11-12-13-14-15-16-20-27-34-31(30(32)33)25-23-29(24-26-31)28-21-18-17-19-22-28/h17-19,21-25H,2-16,20,26-27H2,1H3,(H,32,33). The molecule has 1 unspecified atom stereocenters. The molecule has 0 bridgehead atoms. The summed E-state index contributed by atoms with van der Waals surface area (Å²) in [7, 11) is 0. The zero-order valence-corrected chi connectivity index (χ0v) is 21.6. The number of unbranched alkanes of at least 4 members (excludes halogenated alkanes) is 15. The lowest BCUT2D eigenvalue weighted by molar-refractivity contribution is -0.159. The number of carboxylic acid groups (broad SMARTS) is 1. The number of hydrogen-bond donors (Lipinski definition) is 1. The molecular weight excluding hydrogens is 420 g/mol. The zero-order chi connectivity index (χ0) is 24.3. The Morgan fingerprint density at radius 3 is 1.74 bits per heavy atom. The molecule has 2 rings (SSSR count). The first-order chi connectivity index (χ1) is 16.7. The summed E-state index contributed by atoms with van der Waals surface area (Å²) in [5.74, 6) is -0.899. The number of carbonyl (C=O) groups is 1. The maximum Gasteiger partial charge on any atom is 0.340 e. The summed E-state index contributed by atoms with van der Waals surface area (Å²) in [6.45, 7) is 2.78. The summed E-state index contributed by atoms with van der Waals surface area (Å²) in [5.41, 5.74) is 0.951. The molecule has 3 heteroatoms. The normalized spacial score (nSPS) is 17.6. The Kier molecular flexibility index (Phi) is 14.6. The minimum atomic E-state index is -1.21. The second kappa shape index (κ2) is 17.5. The van der Waals surface area contributed by atoms with E-state index in [1.54, 1.807) is 6.08 Å². The largest absolute Gasteiger partial charge is 0.479 e. The molecular formula is C31H48O3. The van der Waals surface area contributed by atoms with E-state index in [9.17, 15) is 9.90 Å². The molecule has 190 valence electrons. The molecule has 0 radical (unpaired) electrons. The highest BCUT2D eigenvalue weighted by molar-refractivity contribution is 5.85. The van der Waals surface area contributed by atoms with Crippen molar-refractivity contribution in [3.63, 3.8) is 0 Å². The third kappa shape index (κ3) is 11.0.